The summed E-state index contributed by atoms with van der Waals surface area (Å²) < 4.78 is 3.50. The lowest BCUT2D eigenvalue weighted by molar-refractivity contribution is -0.113. The van der Waals surface area contributed by atoms with Crippen LogP contribution in [0.2, 0.25) is 5.02 Å². The Morgan fingerprint density at radius 3 is 2.80 bits per heavy atom. The van der Waals surface area contributed by atoms with E-state index in [1.165, 1.54) is 18.1 Å². The standard InChI is InChI=1S/C20H18ClN7OS/c1-13-4-3-5-16(8-13)28-14(2)25-26-20(28)30-10-19(29)24-17-9-15(21)6-7-18(17)27-12-22-11-23-27/h3-9,11-12H,10H2,1-2H3,(H,24,29). The lowest BCUT2D eigenvalue weighted by Gasteiger charge is -2.12. The predicted octanol–water partition coefficient (Wildman–Crippen LogP) is 3.85. The van der Waals surface area contributed by atoms with Crippen molar-refractivity contribution in [2.24, 2.45) is 0 Å². The van der Waals surface area contributed by atoms with Gasteiger partial charge in [-0.2, -0.15) is 5.10 Å². The molecule has 0 bridgehead atoms. The van der Waals surface area contributed by atoms with Gasteiger partial charge in [0.2, 0.25) is 5.91 Å². The maximum Gasteiger partial charge on any atom is 0.234 e. The Morgan fingerprint density at radius 1 is 1.17 bits per heavy atom. The van der Waals surface area contributed by atoms with Crippen LogP contribution in [0.5, 0.6) is 0 Å². The van der Waals surface area contributed by atoms with Crippen LogP contribution < -0.4 is 5.32 Å². The molecule has 1 amide bonds. The zero-order valence-electron chi connectivity index (χ0n) is 16.3. The van der Waals surface area contributed by atoms with E-state index in [0.717, 1.165) is 17.1 Å². The van der Waals surface area contributed by atoms with Crippen molar-refractivity contribution in [3.8, 4) is 11.4 Å². The molecule has 152 valence electrons. The Hall–Kier alpha value is -3.17. The minimum Gasteiger partial charge on any atom is -0.323 e. The van der Waals surface area contributed by atoms with E-state index in [0.29, 0.717) is 21.6 Å². The number of anilines is 1. The number of hydrogen-bond acceptors (Lipinski definition) is 6. The fraction of sp³-hybridized carbons (Fsp3) is 0.150. The molecule has 0 aliphatic heterocycles. The summed E-state index contributed by atoms with van der Waals surface area (Å²) in [5, 5.41) is 16.6. The summed E-state index contributed by atoms with van der Waals surface area (Å²) in [6.45, 7) is 3.91. The smallest absolute Gasteiger partial charge is 0.234 e. The van der Waals surface area contributed by atoms with Crippen molar-refractivity contribution in [2.45, 2.75) is 19.0 Å². The lowest BCUT2D eigenvalue weighted by atomic mass is 10.2. The van der Waals surface area contributed by atoms with Gasteiger partial charge in [-0.25, -0.2) is 9.67 Å². The van der Waals surface area contributed by atoms with Crippen LogP contribution in [0.25, 0.3) is 11.4 Å². The largest absolute Gasteiger partial charge is 0.323 e. The summed E-state index contributed by atoms with van der Waals surface area (Å²) in [6.07, 6.45) is 2.98. The van der Waals surface area contributed by atoms with E-state index in [1.807, 2.05) is 36.6 Å². The van der Waals surface area contributed by atoms with E-state index >= 15 is 0 Å². The minimum atomic E-state index is -0.194. The normalized spacial score (nSPS) is 10.9. The topological polar surface area (TPSA) is 90.5 Å². The molecular formula is C20H18ClN7OS. The Kier molecular flexibility index (Phi) is 5.82. The number of amides is 1. The predicted molar refractivity (Wildman–Crippen MR) is 117 cm³/mol. The average Bonchev–Trinajstić information content (AvgIpc) is 3.36. The Balaban J connectivity index is 1.50. The molecule has 10 heteroatoms. The van der Waals surface area contributed by atoms with Crippen molar-refractivity contribution < 1.29 is 4.79 Å². The van der Waals surface area contributed by atoms with E-state index in [1.54, 1.807) is 29.2 Å². The molecule has 0 atom stereocenters. The highest BCUT2D eigenvalue weighted by atomic mass is 35.5. The van der Waals surface area contributed by atoms with Crippen molar-refractivity contribution in [1.82, 2.24) is 29.5 Å². The fourth-order valence-electron chi connectivity index (χ4n) is 2.96. The molecular weight excluding hydrogens is 422 g/mol. The molecule has 0 fully saturated rings. The quantitative estimate of drug-likeness (QED) is 0.459. The van der Waals surface area contributed by atoms with Crippen molar-refractivity contribution in [3.05, 3.63) is 71.5 Å². The van der Waals surface area contributed by atoms with Crippen LogP contribution in [0.3, 0.4) is 0 Å². The highest BCUT2D eigenvalue weighted by molar-refractivity contribution is 7.99. The second-order valence-electron chi connectivity index (χ2n) is 6.54. The van der Waals surface area contributed by atoms with Crippen LogP contribution >= 0.6 is 23.4 Å². The monoisotopic (exact) mass is 439 g/mol. The fourth-order valence-corrected chi connectivity index (χ4v) is 3.93. The van der Waals surface area contributed by atoms with E-state index in [9.17, 15) is 4.79 Å². The number of thioether (sulfide) groups is 1. The number of hydrogen-bond donors (Lipinski definition) is 1. The van der Waals surface area contributed by atoms with Crippen LogP contribution in [0, 0.1) is 13.8 Å². The first-order valence-electron chi connectivity index (χ1n) is 9.07. The minimum absolute atomic E-state index is 0.160. The first-order valence-corrected chi connectivity index (χ1v) is 10.4. The summed E-state index contributed by atoms with van der Waals surface area (Å²) in [5.74, 6) is 0.722. The number of carbonyl (C=O) groups is 1. The number of aromatic nitrogens is 6. The van der Waals surface area contributed by atoms with Crippen molar-refractivity contribution in [1.29, 1.82) is 0 Å². The maximum absolute atomic E-state index is 12.6. The lowest BCUT2D eigenvalue weighted by Crippen LogP contribution is -2.16. The van der Waals surface area contributed by atoms with Crippen LogP contribution in [0.1, 0.15) is 11.4 Å². The first-order chi connectivity index (χ1) is 14.5. The zero-order chi connectivity index (χ0) is 21.1. The number of nitrogens with zero attached hydrogens (tertiary/aromatic N) is 6. The van der Waals surface area contributed by atoms with Crippen LogP contribution in [0.4, 0.5) is 5.69 Å². The van der Waals surface area contributed by atoms with Crippen LogP contribution in [-0.2, 0) is 4.79 Å². The summed E-state index contributed by atoms with van der Waals surface area (Å²) in [6, 6.07) is 13.2. The number of halogens is 1. The summed E-state index contributed by atoms with van der Waals surface area (Å²) in [7, 11) is 0. The molecule has 1 N–H and O–H groups in total. The van der Waals surface area contributed by atoms with Gasteiger partial charge in [-0.3, -0.25) is 9.36 Å². The van der Waals surface area contributed by atoms with E-state index in [-0.39, 0.29) is 11.7 Å². The molecule has 4 aromatic rings. The molecule has 30 heavy (non-hydrogen) atoms. The zero-order valence-corrected chi connectivity index (χ0v) is 17.9. The van der Waals surface area contributed by atoms with Gasteiger partial charge >= 0.3 is 0 Å². The van der Waals surface area contributed by atoms with Crippen LogP contribution in [-0.4, -0.2) is 41.2 Å². The van der Waals surface area contributed by atoms with Gasteiger partial charge in [0.25, 0.3) is 0 Å². The van der Waals surface area contributed by atoms with Gasteiger partial charge < -0.3 is 5.32 Å². The van der Waals surface area contributed by atoms with Gasteiger partial charge in [0.05, 0.1) is 17.1 Å². The highest BCUT2D eigenvalue weighted by Crippen LogP contribution is 2.26. The number of aryl methyl sites for hydroxylation is 2. The highest BCUT2D eigenvalue weighted by Gasteiger charge is 2.15. The van der Waals surface area contributed by atoms with Gasteiger partial charge in [0, 0.05) is 10.7 Å². The average molecular weight is 440 g/mol. The molecule has 0 aliphatic rings. The number of rotatable bonds is 6. The first kappa shape index (κ1) is 20.1. The molecule has 0 spiro atoms. The molecule has 0 saturated heterocycles. The van der Waals surface area contributed by atoms with Crippen molar-refractivity contribution in [3.63, 3.8) is 0 Å². The molecule has 8 nitrogen and oxygen atoms in total. The van der Waals surface area contributed by atoms with Gasteiger partial charge in [-0.1, -0.05) is 35.5 Å². The summed E-state index contributed by atoms with van der Waals surface area (Å²) >= 11 is 7.43. The number of nitrogens with one attached hydrogen (secondary N) is 1. The molecule has 0 saturated carbocycles. The van der Waals surface area contributed by atoms with Gasteiger partial charge in [-0.15, -0.1) is 10.2 Å². The van der Waals surface area contributed by atoms with Crippen molar-refractivity contribution in [2.75, 3.05) is 11.1 Å². The third-order valence-electron chi connectivity index (χ3n) is 4.29. The van der Waals surface area contributed by atoms with E-state index in [4.69, 9.17) is 11.6 Å². The van der Waals surface area contributed by atoms with Crippen LogP contribution in [0.15, 0.2) is 60.3 Å². The maximum atomic E-state index is 12.6. The second kappa shape index (κ2) is 8.68. The molecule has 2 heterocycles. The Morgan fingerprint density at radius 2 is 2.03 bits per heavy atom. The molecule has 0 radical (unpaired) electrons. The molecule has 4 rings (SSSR count). The van der Waals surface area contributed by atoms with Gasteiger partial charge in [-0.05, 0) is 49.7 Å². The number of carbonyl (C=O) groups excluding carboxylic acids is 1. The van der Waals surface area contributed by atoms with Gasteiger partial charge in [0.15, 0.2) is 5.16 Å². The summed E-state index contributed by atoms with van der Waals surface area (Å²) in [5.41, 5.74) is 3.32. The molecule has 2 aromatic heterocycles. The molecule has 0 aliphatic carbocycles. The number of benzene rings is 2. The third kappa shape index (κ3) is 4.37. The Bertz CT molecular complexity index is 1190. The molecule has 0 unspecified atom stereocenters. The third-order valence-corrected chi connectivity index (χ3v) is 5.45. The van der Waals surface area contributed by atoms with E-state index < -0.39 is 0 Å². The SMILES string of the molecule is Cc1cccc(-n2c(C)nnc2SCC(=O)Nc2cc(Cl)ccc2-n2cncn2)c1. The van der Waals surface area contributed by atoms with Gasteiger partial charge in [0.1, 0.15) is 18.5 Å². The summed E-state index contributed by atoms with van der Waals surface area (Å²) in [4.78, 5) is 16.6. The Labute approximate surface area is 182 Å². The second-order valence-corrected chi connectivity index (χ2v) is 7.92. The van der Waals surface area contributed by atoms with Crippen molar-refractivity contribution >= 4 is 35.0 Å². The molecule has 2 aromatic carbocycles. The van der Waals surface area contributed by atoms with E-state index in [2.05, 4.69) is 31.7 Å².